The standard InChI is InChI=1S/C8H10N4O/c1-6(2-9)3-11-8(13)7-4-10-5-12-7/h4-6H,3H2,1H3,(H,10,12)(H,11,13). The SMILES string of the molecule is CC(C#N)CNC(=O)c1cnc[nH]1. The second kappa shape index (κ2) is 4.26. The van der Waals surface area contributed by atoms with Crippen LogP contribution in [-0.2, 0) is 0 Å². The van der Waals surface area contributed by atoms with E-state index in [4.69, 9.17) is 5.26 Å². The Kier molecular flexibility index (Phi) is 3.03. The van der Waals surface area contributed by atoms with E-state index in [-0.39, 0.29) is 11.8 Å². The number of H-pyrrole nitrogens is 1. The van der Waals surface area contributed by atoms with E-state index in [1.807, 2.05) is 6.07 Å². The molecule has 0 aliphatic carbocycles. The van der Waals surface area contributed by atoms with Gasteiger partial charge in [-0.2, -0.15) is 5.26 Å². The van der Waals surface area contributed by atoms with Crippen LogP contribution in [0.25, 0.3) is 0 Å². The van der Waals surface area contributed by atoms with E-state index in [0.717, 1.165) is 0 Å². The zero-order chi connectivity index (χ0) is 9.68. The predicted octanol–water partition coefficient (Wildman–Crippen LogP) is 0.299. The van der Waals surface area contributed by atoms with Gasteiger partial charge in [-0.05, 0) is 6.92 Å². The number of hydrogen-bond acceptors (Lipinski definition) is 3. The smallest absolute Gasteiger partial charge is 0.269 e. The minimum atomic E-state index is -0.236. The second-order valence-electron chi connectivity index (χ2n) is 2.71. The van der Waals surface area contributed by atoms with E-state index in [9.17, 15) is 4.79 Å². The molecule has 0 aliphatic rings. The number of aromatic amines is 1. The van der Waals surface area contributed by atoms with Crippen molar-refractivity contribution in [1.82, 2.24) is 15.3 Å². The molecule has 13 heavy (non-hydrogen) atoms. The number of carbonyl (C=O) groups is 1. The molecule has 0 saturated heterocycles. The van der Waals surface area contributed by atoms with Crippen molar-refractivity contribution in [2.45, 2.75) is 6.92 Å². The van der Waals surface area contributed by atoms with Crippen LogP contribution in [0.2, 0.25) is 0 Å². The van der Waals surface area contributed by atoms with Gasteiger partial charge in [0.2, 0.25) is 0 Å². The number of aromatic nitrogens is 2. The van der Waals surface area contributed by atoms with Crippen molar-refractivity contribution in [1.29, 1.82) is 5.26 Å². The lowest BCUT2D eigenvalue weighted by molar-refractivity contribution is 0.0946. The number of rotatable bonds is 3. The highest BCUT2D eigenvalue weighted by atomic mass is 16.1. The number of imidazole rings is 1. The van der Waals surface area contributed by atoms with Gasteiger partial charge in [0, 0.05) is 6.54 Å². The summed E-state index contributed by atoms with van der Waals surface area (Å²) in [7, 11) is 0. The molecule has 0 saturated carbocycles. The molecule has 0 fully saturated rings. The molecule has 1 aromatic heterocycles. The van der Waals surface area contributed by atoms with Crippen LogP contribution in [0.4, 0.5) is 0 Å². The van der Waals surface area contributed by atoms with Crippen LogP contribution in [0.3, 0.4) is 0 Å². The highest BCUT2D eigenvalue weighted by Gasteiger charge is 2.07. The van der Waals surface area contributed by atoms with E-state index >= 15 is 0 Å². The lowest BCUT2D eigenvalue weighted by atomic mass is 10.2. The van der Waals surface area contributed by atoms with Crippen molar-refractivity contribution in [2.24, 2.45) is 5.92 Å². The van der Waals surface area contributed by atoms with E-state index in [0.29, 0.717) is 12.2 Å². The highest BCUT2D eigenvalue weighted by molar-refractivity contribution is 5.91. The van der Waals surface area contributed by atoms with Crippen LogP contribution < -0.4 is 5.32 Å². The molecule has 2 N–H and O–H groups in total. The predicted molar refractivity (Wildman–Crippen MR) is 45.7 cm³/mol. The Hall–Kier alpha value is -1.83. The molecule has 1 rings (SSSR count). The van der Waals surface area contributed by atoms with Crippen LogP contribution in [0, 0.1) is 17.2 Å². The summed E-state index contributed by atoms with van der Waals surface area (Å²) in [5.74, 6) is -0.411. The van der Waals surface area contributed by atoms with E-state index < -0.39 is 0 Å². The van der Waals surface area contributed by atoms with Crippen molar-refractivity contribution >= 4 is 5.91 Å². The molecule has 0 aliphatic heterocycles. The van der Waals surface area contributed by atoms with Gasteiger partial charge in [0.25, 0.3) is 5.91 Å². The zero-order valence-electron chi connectivity index (χ0n) is 7.24. The molecule has 1 atom stereocenters. The fraction of sp³-hybridized carbons (Fsp3) is 0.375. The monoisotopic (exact) mass is 178 g/mol. The van der Waals surface area contributed by atoms with Gasteiger partial charge in [-0.3, -0.25) is 4.79 Å². The summed E-state index contributed by atoms with van der Waals surface area (Å²) in [6, 6.07) is 2.03. The largest absolute Gasteiger partial charge is 0.349 e. The Bertz CT molecular complexity index is 311. The molecule has 68 valence electrons. The van der Waals surface area contributed by atoms with Crippen LogP contribution in [0.5, 0.6) is 0 Å². The first-order valence-electron chi connectivity index (χ1n) is 3.90. The third kappa shape index (κ3) is 2.60. The zero-order valence-corrected chi connectivity index (χ0v) is 7.24. The van der Waals surface area contributed by atoms with E-state index in [1.165, 1.54) is 12.5 Å². The number of amides is 1. The average molecular weight is 178 g/mol. The van der Waals surface area contributed by atoms with Gasteiger partial charge < -0.3 is 10.3 Å². The molecule has 0 aromatic carbocycles. The van der Waals surface area contributed by atoms with Gasteiger partial charge in [-0.15, -0.1) is 0 Å². The third-order valence-electron chi connectivity index (χ3n) is 1.53. The first kappa shape index (κ1) is 9.26. The fourth-order valence-electron chi connectivity index (χ4n) is 0.767. The van der Waals surface area contributed by atoms with Gasteiger partial charge in [-0.25, -0.2) is 4.98 Å². The Morgan fingerprint density at radius 1 is 1.92 bits per heavy atom. The van der Waals surface area contributed by atoms with Gasteiger partial charge >= 0.3 is 0 Å². The summed E-state index contributed by atoms with van der Waals surface area (Å²) in [4.78, 5) is 17.6. The summed E-state index contributed by atoms with van der Waals surface area (Å²) in [6.07, 6.45) is 2.87. The maximum absolute atomic E-state index is 11.2. The Morgan fingerprint density at radius 2 is 2.69 bits per heavy atom. The molecule has 1 unspecified atom stereocenters. The molecular formula is C8H10N4O. The van der Waals surface area contributed by atoms with Gasteiger partial charge in [-0.1, -0.05) is 0 Å². The minimum Gasteiger partial charge on any atom is -0.349 e. The molecule has 0 spiro atoms. The Labute approximate surface area is 75.8 Å². The molecule has 5 nitrogen and oxygen atoms in total. The first-order valence-corrected chi connectivity index (χ1v) is 3.90. The van der Waals surface area contributed by atoms with Gasteiger partial charge in [0.05, 0.1) is 24.5 Å². The van der Waals surface area contributed by atoms with Crippen molar-refractivity contribution in [2.75, 3.05) is 6.54 Å². The highest BCUT2D eigenvalue weighted by Crippen LogP contribution is 1.92. The fourth-order valence-corrected chi connectivity index (χ4v) is 0.767. The van der Waals surface area contributed by atoms with Gasteiger partial charge in [0.1, 0.15) is 5.69 Å². The quantitative estimate of drug-likeness (QED) is 0.698. The number of carbonyl (C=O) groups excluding carboxylic acids is 1. The van der Waals surface area contributed by atoms with Crippen molar-refractivity contribution in [3.8, 4) is 6.07 Å². The maximum atomic E-state index is 11.2. The number of nitrogens with zero attached hydrogens (tertiary/aromatic N) is 2. The number of nitrogens with one attached hydrogen (secondary N) is 2. The number of nitriles is 1. The van der Waals surface area contributed by atoms with E-state index in [2.05, 4.69) is 15.3 Å². The lowest BCUT2D eigenvalue weighted by Gasteiger charge is -2.03. The molecular weight excluding hydrogens is 168 g/mol. The molecule has 5 heteroatoms. The lowest BCUT2D eigenvalue weighted by Crippen LogP contribution is -2.27. The maximum Gasteiger partial charge on any atom is 0.269 e. The third-order valence-corrected chi connectivity index (χ3v) is 1.53. The van der Waals surface area contributed by atoms with Crippen LogP contribution in [0.15, 0.2) is 12.5 Å². The summed E-state index contributed by atoms with van der Waals surface area (Å²) >= 11 is 0. The summed E-state index contributed by atoms with van der Waals surface area (Å²) in [5, 5.41) is 11.1. The summed E-state index contributed by atoms with van der Waals surface area (Å²) < 4.78 is 0. The second-order valence-corrected chi connectivity index (χ2v) is 2.71. The topological polar surface area (TPSA) is 81.6 Å². The van der Waals surface area contributed by atoms with Gasteiger partial charge in [0.15, 0.2) is 0 Å². The molecule has 1 aromatic rings. The normalized spacial score (nSPS) is 11.7. The Morgan fingerprint density at radius 3 is 3.23 bits per heavy atom. The van der Waals surface area contributed by atoms with Crippen molar-refractivity contribution in [3.63, 3.8) is 0 Å². The van der Waals surface area contributed by atoms with Crippen LogP contribution in [-0.4, -0.2) is 22.4 Å². The molecule has 1 heterocycles. The van der Waals surface area contributed by atoms with Crippen LogP contribution >= 0.6 is 0 Å². The first-order chi connectivity index (χ1) is 6.24. The van der Waals surface area contributed by atoms with Crippen molar-refractivity contribution < 1.29 is 4.79 Å². The summed E-state index contributed by atoms with van der Waals surface area (Å²) in [5.41, 5.74) is 0.408. The minimum absolute atomic E-state index is 0.174. The number of hydrogen-bond donors (Lipinski definition) is 2. The molecule has 0 bridgehead atoms. The van der Waals surface area contributed by atoms with Crippen LogP contribution in [0.1, 0.15) is 17.4 Å². The van der Waals surface area contributed by atoms with E-state index in [1.54, 1.807) is 6.92 Å². The molecule has 1 amide bonds. The molecule has 0 radical (unpaired) electrons. The Balaban J connectivity index is 2.40. The average Bonchev–Trinajstić information content (AvgIpc) is 2.66. The summed E-state index contributed by atoms with van der Waals surface area (Å²) in [6.45, 7) is 2.10. The van der Waals surface area contributed by atoms with Crippen molar-refractivity contribution in [3.05, 3.63) is 18.2 Å².